The van der Waals surface area contributed by atoms with Gasteiger partial charge in [-0.05, 0) is 30.9 Å². The Labute approximate surface area is 110 Å². The topological polar surface area (TPSA) is 38.5 Å². The number of hydrogen-bond donors (Lipinski definition) is 1. The van der Waals surface area contributed by atoms with Gasteiger partial charge in [0.25, 0.3) is 0 Å². The highest BCUT2D eigenvalue weighted by molar-refractivity contribution is 5.32. The van der Waals surface area contributed by atoms with Crippen molar-refractivity contribution in [3.05, 3.63) is 35.4 Å². The largest absolute Gasteiger partial charge is 0.385 e. The second-order valence-corrected chi connectivity index (χ2v) is 5.07. The lowest BCUT2D eigenvalue weighted by Gasteiger charge is -2.40. The van der Waals surface area contributed by atoms with E-state index in [4.69, 9.17) is 10.5 Å². The van der Waals surface area contributed by atoms with E-state index in [1.165, 1.54) is 11.1 Å². The molecule has 0 spiro atoms. The molecule has 0 fully saturated rings. The fourth-order valence-electron chi connectivity index (χ4n) is 2.92. The smallest absolute Gasteiger partial charge is 0.0477 e. The molecule has 0 aromatic heterocycles. The molecule has 3 heteroatoms. The van der Waals surface area contributed by atoms with Gasteiger partial charge in [0, 0.05) is 38.9 Å². The van der Waals surface area contributed by atoms with Gasteiger partial charge in [-0.3, -0.25) is 4.90 Å². The lowest BCUT2D eigenvalue weighted by atomic mass is 9.91. The molecule has 18 heavy (non-hydrogen) atoms. The highest BCUT2D eigenvalue weighted by Gasteiger charge is 2.28. The van der Waals surface area contributed by atoms with E-state index in [9.17, 15) is 0 Å². The molecule has 1 aromatic carbocycles. The van der Waals surface area contributed by atoms with Gasteiger partial charge in [-0.2, -0.15) is 0 Å². The van der Waals surface area contributed by atoms with Crippen molar-refractivity contribution in [3.63, 3.8) is 0 Å². The van der Waals surface area contributed by atoms with Gasteiger partial charge in [0.05, 0.1) is 0 Å². The van der Waals surface area contributed by atoms with Gasteiger partial charge < -0.3 is 10.5 Å². The van der Waals surface area contributed by atoms with Crippen molar-refractivity contribution in [3.8, 4) is 0 Å². The molecule has 1 heterocycles. The lowest BCUT2D eigenvalue weighted by molar-refractivity contribution is 0.100. The predicted molar refractivity (Wildman–Crippen MR) is 74.6 cm³/mol. The summed E-state index contributed by atoms with van der Waals surface area (Å²) in [7, 11) is 1.76. The van der Waals surface area contributed by atoms with E-state index in [1.54, 1.807) is 7.11 Å². The second kappa shape index (κ2) is 6.32. The van der Waals surface area contributed by atoms with Crippen LogP contribution in [-0.2, 0) is 11.2 Å². The van der Waals surface area contributed by atoms with Crippen LogP contribution >= 0.6 is 0 Å². The minimum atomic E-state index is 0.363. The lowest BCUT2D eigenvalue weighted by Crippen LogP contribution is -2.44. The number of methoxy groups -OCH3 is 1. The Balaban J connectivity index is 2.14. The minimum absolute atomic E-state index is 0.363. The van der Waals surface area contributed by atoms with Crippen LogP contribution in [0.2, 0.25) is 0 Å². The van der Waals surface area contributed by atoms with Crippen LogP contribution in [0.5, 0.6) is 0 Å². The molecule has 0 bridgehead atoms. The number of nitrogens with zero attached hydrogens (tertiary/aromatic N) is 1. The zero-order valence-corrected chi connectivity index (χ0v) is 11.4. The minimum Gasteiger partial charge on any atom is -0.385 e. The second-order valence-electron chi connectivity index (χ2n) is 5.07. The first-order valence-electron chi connectivity index (χ1n) is 6.80. The maximum Gasteiger partial charge on any atom is 0.0477 e. The van der Waals surface area contributed by atoms with Gasteiger partial charge in [-0.25, -0.2) is 0 Å². The third-order valence-corrected chi connectivity index (χ3v) is 3.98. The van der Waals surface area contributed by atoms with Crippen LogP contribution in [0.3, 0.4) is 0 Å². The van der Waals surface area contributed by atoms with Crippen LogP contribution in [0.4, 0.5) is 0 Å². The summed E-state index contributed by atoms with van der Waals surface area (Å²) in [6.45, 7) is 4.88. The zero-order valence-electron chi connectivity index (χ0n) is 11.4. The fraction of sp³-hybridized carbons (Fsp3) is 0.600. The van der Waals surface area contributed by atoms with Gasteiger partial charge in [-0.1, -0.05) is 24.3 Å². The van der Waals surface area contributed by atoms with E-state index < -0.39 is 0 Å². The first-order valence-corrected chi connectivity index (χ1v) is 6.80. The molecule has 1 aromatic rings. The van der Waals surface area contributed by atoms with Gasteiger partial charge in [-0.15, -0.1) is 0 Å². The molecule has 2 atom stereocenters. The summed E-state index contributed by atoms with van der Waals surface area (Å²) in [5, 5.41) is 0. The molecule has 0 aliphatic carbocycles. The van der Waals surface area contributed by atoms with Crippen LogP contribution in [-0.4, -0.2) is 37.7 Å². The molecule has 100 valence electrons. The summed E-state index contributed by atoms with van der Waals surface area (Å²) in [6.07, 6.45) is 2.19. The van der Waals surface area contributed by atoms with Crippen LogP contribution in [0, 0.1) is 0 Å². The third-order valence-electron chi connectivity index (χ3n) is 3.98. The Morgan fingerprint density at radius 2 is 2.22 bits per heavy atom. The van der Waals surface area contributed by atoms with Crippen LogP contribution < -0.4 is 5.73 Å². The molecule has 0 saturated carbocycles. The van der Waals surface area contributed by atoms with Crippen molar-refractivity contribution < 1.29 is 4.74 Å². The standard InChI is InChI=1S/C15H24N2O/c1-12(8-10-18-2)17-9-7-13-5-3-4-6-14(13)15(17)11-16/h3-6,12,15H,7-11,16H2,1-2H3. The Morgan fingerprint density at radius 3 is 2.94 bits per heavy atom. The molecular formula is C15H24N2O. The maximum absolute atomic E-state index is 6.00. The van der Waals surface area contributed by atoms with Crippen LogP contribution in [0.15, 0.2) is 24.3 Å². The van der Waals surface area contributed by atoms with Crippen molar-refractivity contribution in [1.29, 1.82) is 0 Å². The molecule has 0 saturated heterocycles. The number of benzene rings is 1. The number of fused-ring (bicyclic) bond motifs is 1. The van der Waals surface area contributed by atoms with Crippen molar-refractivity contribution >= 4 is 0 Å². The molecule has 2 rings (SSSR count). The van der Waals surface area contributed by atoms with Crippen molar-refractivity contribution in [2.45, 2.75) is 31.8 Å². The molecule has 1 aliphatic rings. The van der Waals surface area contributed by atoms with E-state index in [2.05, 4.69) is 36.1 Å². The van der Waals surface area contributed by atoms with Gasteiger partial charge in [0.1, 0.15) is 0 Å². The Kier molecular flexibility index (Phi) is 4.75. The summed E-state index contributed by atoms with van der Waals surface area (Å²) < 4.78 is 5.18. The van der Waals surface area contributed by atoms with E-state index in [1.807, 2.05) is 0 Å². The van der Waals surface area contributed by atoms with Gasteiger partial charge in [0.2, 0.25) is 0 Å². The highest BCUT2D eigenvalue weighted by Crippen LogP contribution is 2.30. The average Bonchev–Trinajstić information content (AvgIpc) is 2.43. The highest BCUT2D eigenvalue weighted by atomic mass is 16.5. The first-order chi connectivity index (χ1) is 8.77. The molecule has 0 radical (unpaired) electrons. The molecule has 2 unspecified atom stereocenters. The number of ether oxygens (including phenoxy) is 1. The van der Waals surface area contributed by atoms with Crippen molar-refractivity contribution in [1.82, 2.24) is 4.90 Å². The summed E-state index contributed by atoms with van der Waals surface area (Å²) in [5.74, 6) is 0. The Bertz CT molecular complexity index is 381. The third kappa shape index (κ3) is 2.74. The van der Waals surface area contributed by atoms with Crippen molar-refractivity contribution in [2.75, 3.05) is 26.8 Å². The molecule has 2 N–H and O–H groups in total. The summed E-state index contributed by atoms with van der Waals surface area (Å²) in [6, 6.07) is 9.58. The monoisotopic (exact) mass is 248 g/mol. The number of nitrogens with two attached hydrogens (primary N) is 1. The van der Waals surface area contributed by atoms with Gasteiger partial charge >= 0.3 is 0 Å². The normalized spacial score (nSPS) is 21.6. The van der Waals surface area contributed by atoms with Crippen LogP contribution in [0.25, 0.3) is 0 Å². The van der Waals surface area contributed by atoms with Crippen LogP contribution in [0.1, 0.15) is 30.5 Å². The molecule has 3 nitrogen and oxygen atoms in total. The first kappa shape index (κ1) is 13.5. The average molecular weight is 248 g/mol. The maximum atomic E-state index is 6.00. The summed E-state index contributed by atoms with van der Waals surface area (Å²) in [4.78, 5) is 2.53. The molecule has 1 aliphatic heterocycles. The number of rotatable bonds is 5. The zero-order chi connectivity index (χ0) is 13.0. The quantitative estimate of drug-likeness (QED) is 0.866. The van der Waals surface area contributed by atoms with E-state index in [0.29, 0.717) is 18.6 Å². The fourth-order valence-corrected chi connectivity index (χ4v) is 2.92. The number of hydrogen-bond acceptors (Lipinski definition) is 3. The van der Waals surface area contributed by atoms with E-state index in [-0.39, 0.29) is 0 Å². The van der Waals surface area contributed by atoms with Gasteiger partial charge in [0.15, 0.2) is 0 Å². The predicted octanol–water partition coefficient (Wildman–Crippen LogP) is 1.97. The molecular weight excluding hydrogens is 224 g/mol. The summed E-state index contributed by atoms with van der Waals surface area (Å²) in [5.41, 5.74) is 8.88. The summed E-state index contributed by atoms with van der Waals surface area (Å²) >= 11 is 0. The van der Waals surface area contributed by atoms with Crippen molar-refractivity contribution in [2.24, 2.45) is 5.73 Å². The SMILES string of the molecule is COCCC(C)N1CCc2ccccc2C1CN. The Morgan fingerprint density at radius 1 is 1.44 bits per heavy atom. The Hall–Kier alpha value is -0.900. The van der Waals surface area contributed by atoms with E-state index >= 15 is 0 Å². The van der Waals surface area contributed by atoms with E-state index in [0.717, 1.165) is 26.0 Å². The molecule has 0 amide bonds.